The van der Waals surface area contributed by atoms with E-state index in [2.05, 4.69) is 26.9 Å². The summed E-state index contributed by atoms with van der Waals surface area (Å²) in [6.07, 6.45) is 1.65. The number of piperazine rings is 1. The van der Waals surface area contributed by atoms with Gasteiger partial charge in [-0.05, 0) is 13.1 Å². The van der Waals surface area contributed by atoms with Crippen LogP contribution < -0.4 is 5.01 Å². The molecule has 0 aromatic carbocycles. The van der Waals surface area contributed by atoms with Crippen LogP contribution in [0.3, 0.4) is 0 Å². The smallest absolute Gasteiger partial charge is 0.179 e. The lowest BCUT2D eigenvalue weighted by molar-refractivity contribution is 0.287. The maximum atomic E-state index is 6.01. The van der Waals surface area contributed by atoms with Crippen LogP contribution in [0.5, 0.6) is 0 Å². The quantitative estimate of drug-likeness (QED) is 0.791. The van der Waals surface area contributed by atoms with Crippen molar-refractivity contribution >= 4 is 34.4 Å². The van der Waals surface area contributed by atoms with Crippen molar-refractivity contribution in [3.05, 3.63) is 23.1 Å². The molecule has 0 aliphatic carbocycles. The third-order valence-corrected chi connectivity index (χ3v) is 3.84. The molecule has 0 radical (unpaired) electrons. The van der Waals surface area contributed by atoms with Crippen LogP contribution in [0, 0.1) is 0 Å². The third kappa shape index (κ3) is 2.38. The van der Waals surface area contributed by atoms with Gasteiger partial charge in [-0.15, -0.1) is 11.6 Å². The minimum atomic E-state index is 0.361. The first kappa shape index (κ1) is 13.0. The van der Waals surface area contributed by atoms with Gasteiger partial charge in [0.25, 0.3) is 0 Å². The zero-order valence-corrected chi connectivity index (χ0v) is 12.2. The second-order valence-corrected chi connectivity index (χ2v) is 5.43. The fourth-order valence-electron chi connectivity index (χ4n) is 2.36. The highest BCUT2D eigenvalue weighted by Crippen LogP contribution is 2.20. The lowest BCUT2D eigenvalue weighted by atomic mass is 10.4. The van der Waals surface area contributed by atoms with Crippen LogP contribution >= 0.6 is 23.2 Å². The van der Waals surface area contributed by atoms with Crippen molar-refractivity contribution in [1.29, 1.82) is 0 Å². The monoisotopic (exact) mass is 299 g/mol. The minimum Gasteiger partial charge on any atom is -0.307 e. The van der Waals surface area contributed by atoms with Gasteiger partial charge in [0.05, 0.1) is 10.9 Å². The number of hydrogen-bond donors (Lipinski definition) is 0. The summed E-state index contributed by atoms with van der Waals surface area (Å²) < 4.78 is 2.03. The Labute approximate surface area is 121 Å². The third-order valence-electron chi connectivity index (χ3n) is 3.39. The standard InChI is InChI=1S/C12H15Cl2N5/c1-17-2-4-18(5-3-17)19-11(7-13)16-10-6-9(14)8-15-12(10)19/h6,8H,2-5,7H2,1H3. The molecule has 3 rings (SSSR count). The molecule has 0 bridgehead atoms. The molecule has 3 heterocycles. The molecule has 0 N–H and O–H groups in total. The Balaban J connectivity index is 2.05. The Morgan fingerprint density at radius 3 is 2.68 bits per heavy atom. The van der Waals surface area contributed by atoms with Crippen molar-refractivity contribution in [1.82, 2.24) is 19.5 Å². The summed E-state index contributed by atoms with van der Waals surface area (Å²) in [6, 6.07) is 1.83. The van der Waals surface area contributed by atoms with Gasteiger partial charge in [-0.2, -0.15) is 0 Å². The molecule has 2 aromatic rings. The van der Waals surface area contributed by atoms with E-state index in [0.717, 1.165) is 43.2 Å². The molecule has 19 heavy (non-hydrogen) atoms. The summed E-state index contributed by atoms with van der Waals surface area (Å²) in [4.78, 5) is 11.2. The maximum absolute atomic E-state index is 6.01. The average molecular weight is 300 g/mol. The lowest BCUT2D eigenvalue weighted by Crippen LogP contribution is -2.50. The topological polar surface area (TPSA) is 37.2 Å². The number of nitrogens with zero attached hydrogens (tertiary/aromatic N) is 5. The van der Waals surface area contributed by atoms with Crippen molar-refractivity contribution in [2.24, 2.45) is 0 Å². The van der Waals surface area contributed by atoms with Crippen LogP contribution in [0.25, 0.3) is 11.2 Å². The molecule has 0 unspecified atom stereocenters. The molecule has 1 fully saturated rings. The van der Waals surface area contributed by atoms with Crippen molar-refractivity contribution in [2.75, 3.05) is 38.2 Å². The Bertz CT molecular complexity index is 589. The summed E-state index contributed by atoms with van der Waals surface area (Å²) in [5.41, 5.74) is 1.62. The summed E-state index contributed by atoms with van der Waals surface area (Å²) in [5.74, 6) is 1.18. The molecular weight excluding hydrogens is 285 g/mol. The Kier molecular flexibility index (Phi) is 3.52. The molecular formula is C12H15Cl2N5. The molecule has 0 amide bonds. The predicted molar refractivity (Wildman–Crippen MR) is 77.5 cm³/mol. The first-order valence-corrected chi connectivity index (χ1v) is 7.13. The number of halogens is 2. The van der Waals surface area contributed by atoms with E-state index in [0.29, 0.717) is 10.9 Å². The number of imidazole rings is 1. The number of alkyl halides is 1. The number of fused-ring (bicyclic) bond motifs is 1. The van der Waals surface area contributed by atoms with Crippen LogP contribution in [-0.4, -0.2) is 52.8 Å². The van der Waals surface area contributed by atoms with Crippen LogP contribution in [0.15, 0.2) is 12.3 Å². The van der Waals surface area contributed by atoms with E-state index >= 15 is 0 Å². The van der Waals surface area contributed by atoms with Gasteiger partial charge >= 0.3 is 0 Å². The lowest BCUT2D eigenvalue weighted by Gasteiger charge is -2.35. The summed E-state index contributed by atoms with van der Waals surface area (Å²) >= 11 is 12.0. The zero-order valence-electron chi connectivity index (χ0n) is 10.7. The SMILES string of the molecule is CN1CCN(n2c(CCl)nc3cc(Cl)cnc32)CC1. The van der Waals surface area contributed by atoms with Gasteiger partial charge in [0.15, 0.2) is 5.65 Å². The molecule has 1 saturated heterocycles. The zero-order chi connectivity index (χ0) is 13.4. The molecule has 102 valence electrons. The number of aromatic nitrogens is 3. The summed E-state index contributed by atoms with van der Waals surface area (Å²) in [6.45, 7) is 3.93. The summed E-state index contributed by atoms with van der Waals surface area (Å²) in [7, 11) is 2.13. The van der Waals surface area contributed by atoms with E-state index in [1.54, 1.807) is 6.20 Å². The van der Waals surface area contributed by atoms with Crippen LogP contribution in [-0.2, 0) is 5.88 Å². The van der Waals surface area contributed by atoms with E-state index in [1.807, 2.05) is 10.7 Å². The number of hydrogen-bond acceptors (Lipinski definition) is 4. The van der Waals surface area contributed by atoms with Crippen molar-refractivity contribution in [3.8, 4) is 0 Å². The number of rotatable bonds is 2. The Morgan fingerprint density at radius 2 is 2.00 bits per heavy atom. The molecule has 0 spiro atoms. The molecule has 7 heteroatoms. The van der Waals surface area contributed by atoms with Gasteiger partial charge < -0.3 is 9.91 Å². The van der Waals surface area contributed by atoms with E-state index in [4.69, 9.17) is 23.2 Å². The molecule has 0 saturated carbocycles. The van der Waals surface area contributed by atoms with E-state index in [-0.39, 0.29) is 0 Å². The molecule has 2 aromatic heterocycles. The predicted octanol–water partition coefficient (Wildman–Crippen LogP) is 1.71. The van der Waals surface area contributed by atoms with E-state index in [9.17, 15) is 0 Å². The van der Waals surface area contributed by atoms with Crippen LogP contribution in [0.1, 0.15) is 5.82 Å². The van der Waals surface area contributed by atoms with Gasteiger partial charge in [-0.25, -0.2) is 14.6 Å². The number of pyridine rings is 1. The minimum absolute atomic E-state index is 0.361. The van der Waals surface area contributed by atoms with Crippen molar-refractivity contribution < 1.29 is 0 Å². The average Bonchev–Trinajstić information content (AvgIpc) is 2.77. The Hall–Kier alpha value is -1.04. The first-order chi connectivity index (χ1) is 9.19. The largest absolute Gasteiger partial charge is 0.307 e. The van der Waals surface area contributed by atoms with Gasteiger partial charge in [-0.3, -0.25) is 0 Å². The molecule has 0 atom stereocenters. The van der Waals surface area contributed by atoms with E-state index in [1.165, 1.54) is 0 Å². The second kappa shape index (κ2) is 5.15. The second-order valence-electron chi connectivity index (χ2n) is 4.73. The van der Waals surface area contributed by atoms with Crippen molar-refractivity contribution in [2.45, 2.75) is 5.88 Å². The molecule has 5 nitrogen and oxygen atoms in total. The van der Waals surface area contributed by atoms with Gasteiger partial charge in [0.1, 0.15) is 11.3 Å². The summed E-state index contributed by atoms with van der Waals surface area (Å²) in [5, 5.41) is 2.84. The normalized spacial score (nSPS) is 17.3. The highest BCUT2D eigenvalue weighted by Gasteiger charge is 2.20. The van der Waals surface area contributed by atoms with Gasteiger partial charge in [-0.1, -0.05) is 11.6 Å². The van der Waals surface area contributed by atoms with Gasteiger partial charge in [0, 0.05) is 32.4 Å². The first-order valence-electron chi connectivity index (χ1n) is 6.21. The van der Waals surface area contributed by atoms with Crippen molar-refractivity contribution in [3.63, 3.8) is 0 Å². The maximum Gasteiger partial charge on any atom is 0.179 e. The highest BCUT2D eigenvalue weighted by atomic mass is 35.5. The molecule has 1 aliphatic heterocycles. The highest BCUT2D eigenvalue weighted by molar-refractivity contribution is 6.31. The Morgan fingerprint density at radius 1 is 1.26 bits per heavy atom. The fraction of sp³-hybridized carbons (Fsp3) is 0.500. The molecule has 1 aliphatic rings. The number of likely N-dealkylation sites (N-methyl/N-ethyl adjacent to an activating group) is 1. The van der Waals surface area contributed by atoms with Crippen LogP contribution in [0.2, 0.25) is 5.02 Å². The fourth-order valence-corrected chi connectivity index (χ4v) is 2.68. The van der Waals surface area contributed by atoms with E-state index < -0.39 is 0 Å². The van der Waals surface area contributed by atoms with Gasteiger partial charge in [0.2, 0.25) is 0 Å². The van der Waals surface area contributed by atoms with Crippen LogP contribution in [0.4, 0.5) is 0 Å².